The second-order valence-corrected chi connectivity index (χ2v) is 11.1. The van der Waals surface area contributed by atoms with Gasteiger partial charge in [-0.3, -0.25) is 9.59 Å². The Bertz CT molecular complexity index is 1280. The van der Waals surface area contributed by atoms with Crippen molar-refractivity contribution in [2.45, 2.75) is 51.7 Å². The summed E-state index contributed by atoms with van der Waals surface area (Å²) >= 11 is 1.46. The Balaban J connectivity index is 1.23. The molecule has 1 atom stereocenters. The minimum Gasteiger partial charge on any atom is -0.486 e. The molecule has 0 N–H and O–H groups in total. The van der Waals surface area contributed by atoms with Crippen LogP contribution in [0.1, 0.15) is 69.5 Å². The smallest absolute Gasteiger partial charge is 0.273 e. The second kappa shape index (κ2) is 9.69. The number of hydrogen-bond acceptors (Lipinski definition) is 5. The highest BCUT2D eigenvalue weighted by atomic mass is 32.1. The van der Waals surface area contributed by atoms with Crippen LogP contribution in [0.15, 0.2) is 47.8 Å². The minimum atomic E-state index is -0.101. The van der Waals surface area contributed by atoms with Crippen LogP contribution in [-0.4, -0.2) is 46.2 Å². The first-order valence-corrected chi connectivity index (χ1v) is 13.8. The van der Waals surface area contributed by atoms with Gasteiger partial charge in [0.1, 0.15) is 23.1 Å². The first kappa shape index (κ1) is 23.2. The van der Waals surface area contributed by atoms with Gasteiger partial charge in [0.05, 0.1) is 6.04 Å². The molecule has 1 saturated heterocycles. The first-order valence-electron chi connectivity index (χ1n) is 12.9. The van der Waals surface area contributed by atoms with E-state index in [0.717, 1.165) is 73.6 Å². The topological polar surface area (TPSA) is 62.7 Å². The van der Waals surface area contributed by atoms with Crippen molar-refractivity contribution in [1.82, 2.24) is 14.8 Å². The van der Waals surface area contributed by atoms with Crippen LogP contribution in [0.2, 0.25) is 0 Å². The molecule has 2 aromatic carbocycles. The molecule has 1 unspecified atom stereocenters. The molecule has 0 bridgehead atoms. The van der Waals surface area contributed by atoms with Gasteiger partial charge in [0.25, 0.3) is 5.91 Å². The summed E-state index contributed by atoms with van der Waals surface area (Å²) in [6.45, 7) is 4.78. The fraction of sp³-hybridized carbons (Fsp3) is 0.414. The molecule has 36 heavy (non-hydrogen) atoms. The van der Waals surface area contributed by atoms with Crippen molar-refractivity contribution in [1.29, 1.82) is 0 Å². The second-order valence-electron chi connectivity index (χ2n) is 10.1. The first-order chi connectivity index (χ1) is 17.6. The number of aromatic nitrogens is 1. The van der Waals surface area contributed by atoms with Gasteiger partial charge in [0.15, 0.2) is 0 Å². The van der Waals surface area contributed by atoms with E-state index in [1.165, 1.54) is 22.5 Å². The van der Waals surface area contributed by atoms with Crippen LogP contribution in [-0.2, 0) is 17.8 Å². The SMILES string of the molecule is Cc1ccc(C2c3cc(OCc4nc(C(=O)N5CCCC5)cs4)ccc3CCN2C(=O)C2CC2)cc1. The molecule has 3 aromatic rings. The Morgan fingerprint density at radius 3 is 2.58 bits per heavy atom. The third kappa shape index (κ3) is 4.64. The number of benzene rings is 2. The zero-order valence-corrected chi connectivity index (χ0v) is 21.4. The van der Waals surface area contributed by atoms with Gasteiger partial charge in [-0.15, -0.1) is 11.3 Å². The number of aryl methyl sites for hydroxylation is 1. The summed E-state index contributed by atoms with van der Waals surface area (Å²) in [4.78, 5) is 34.3. The number of ether oxygens (including phenoxy) is 1. The predicted molar refractivity (Wildman–Crippen MR) is 139 cm³/mol. The van der Waals surface area contributed by atoms with E-state index in [2.05, 4.69) is 53.2 Å². The summed E-state index contributed by atoms with van der Waals surface area (Å²) in [7, 11) is 0. The van der Waals surface area contributed by atoms with E-state index in [9.17, 15) is 9.59 Å². The summed E-state index contributed by atoms with van der Waals surface area (Å²) in [5.41, 5.74) is 5.26. The zero-order chi connectivity index (χ0) is 24.6. The van der Waals surface area contributed by atoms with Crippen LogP contribution in [0.3, 0.4) is 0 Å². The summed E-state index contributed by atoms with van der Waals surface area (Å²) in [6.07, 6.45) is 4.99. The van der Waals surface area contributed by atoms with Crippen molar-refractivity contribution >= 4 is 23.2 Å². The third-order valence-electron chi connectivity index (χ3n) is 7.47. The third-order valence-corrected chi connectivity index (χ3v) is 8.30. The molecule has 1 aromatic heterocycles. The van der Waals surface area contributed by atoms with Gasteiger partial charge >= 0.3 is 0 Å². The highest BCUT2D eigenvalue weighted by molar-refractivity contribution is 7.09. The van der Waals surface area contributed by atoms with Gasteiger partial charge < -0.3 is 14.5 Å². The molecular formula is C29H31N3O3S. The van der Waals surface area contributed by atoms with Crippen LogP contribution in [0.4, 0.5) is 0 Å². The Kier molecular flexibility index (Phi) is 6.25. The average molecular weight is 502 g/mol. The van der Waals surface area contributed by atoms with Crippen LogP contribution in [0.5, 0.6) is 5.75 Å². The van der Waals surface area contributed by atoms with Crippen LogP contribution in [0.25, 0.3) is 0 Å². The maximum Gasteiger partial charge on any atom is 0.273 e. The standard InChI is InChI=1S/C29H31N3O3S/c1-19-4-6-21(7-5-19)27-24-16-23(11-10-20(24)12-15-32(27)28(33)22-8-9-22)35-17-26-30-25(18-36-26)29(34)31-13-2-3-14-31/h4-7,10-11,16,18,22,27H,2-3,8-9,12-15,17H2,1H3. The summed E-state index contributed by atoms with van der Waals surface area (Å²) in [5, 5.41) is 2.62. The highest BCUT2D eigenvalue weighted by Crippen LogP contribution is 2.41. The van der Waals surface area contributed by atoms with Crippen molar-refractivity contribution in [3.05, 3.63) is 80.8 Å². The summed E-state index contributed by atoms with van der Waals surface area (Å²) in [5.74, 6) is 1.23. The van der Waals surface area contributed by atoms with Gasteiger partial charge in [0.2, 0.25) is 5.91 Å². The Labute approximate surface area is 215 Å². The maximum atomic E-state index is 13.2. The molecule has 6 rings (SSSR count). The maximum absolute atomic E-state index is 13.2. The van der Waals surface area contributed by atoms with E-state index in [1.54, 1.807) is 0 Å². The molecule has 2 amide bonds. The van der Waals surface area contributed by atoms with E-state index >= 15 is 0 Å². The van der Waals surface area contributed by atoms with Gasteiger partial charge in [-0.05, 0) is 67.9 Å². The number of amides is 2. The van der Waals surface area contributed by atoms with E-state index in [-0.39, 0.29) is 23.8 Å². The van der Waals surface area contributed by atoms with Gasteiger partial charge in [-0.25, -0.2) is 4.98 Å². The molecule has 1 saturated carbocycles. The molecule has 3 aliphatic rings. The van der Waals surface area contributed by atoms with Crippen molar-refractivity contribution < 1.29 is 14.3 Å². The van der Waals surface area contributed by atoms with Gasteiger partial charge in [-0.2, -0.15) is 0 Å². The normalized spacial score (nSPS) is 19.3. The van der Waals surface area contributed by atoms with E-state index in [4.69, 9.17) is 4.74 Å². The van der Waals surface area contributed by atoms with E-state index in [0.29, 0.717) is 12.3 Å². The fourth-order valence-corrected chi connectivity index (χ4v) is 5.98. The molecule has 6 nitrogen and oxygen atoms in total. The van der Waals surface area contributed by atoms with Crippen LogP contribution < -0.4 is 4.74 Å². The van der Waals surface area contributed by atoms with Crippen molar-refractivity contribution in [3.63, 3.8) is 0 Å². The van der Waals surface area contributed by atoms with Crippen LogP contribution >= 0.6 is 11.3 Å². The molecular weight excluding hydrogens is 470 g/mol. The quantitative estimate of drug-likeness (QED) is 0.469. The molecule has 0 spiro atoms. The number of fused-ring (bicyclic) bond motifs is 1. The molecule has 186 valence electrons. The van der Waals surface area contributed by atoms with Crippen molar-refractivity contribution in [2.75, 3.05) is 19.6 Å². The lowest BCUT2D eigenvalue weighted by atomic mass is 9.87. The summed E-state index contributed by atoms with van der Waals surface area (Å²) < 4.78 is 6.16. The lowest BCUT2D eigenvalue weighted by Crippen LogP contribution is -2.41. The van der Waals surface area contributed by atoms with Crippen molar-refractivity contribution in [2.24, 2.45) is 5.92 Å². The zero-order valence-electron chi connectivity index (χ0n) is 20.6. The number of carbonyl (C=O) groups excluding carboxylic acids is 2. The number of hydrogen-bond donors (Lipinski definition) is 0. The van der Waals surface area contributed by atoms with E-state index < -0.39 is 0 Å². The Morgan fingerprint density at radius 2 is 1.83 bits per heavy atom. The van der Waals surface area contributed by atoms with Crippen LogP contribution in [0, 0.1) is 12.8 Å². The van der Waals surface area contributed by atoms with Crippen molar-refractivity contribution in [3.8, 4) is 5.75 Å². The molecule has 2 aliphatic heterocycles. The lowest BCUT2D eigenvalue weighted by molar-refractivity contribution is -0.134. The molecule has 2 fully saturated rings. The number of rotatable bonds is 6. The largest absolute Gasteiger partial charge is 0.486 e. The van der Waals surface area contributed by atoms with E-state index in [1.807, 2.05) is 16.3 Å². The Hall–Kier alpha value is -3.19. The lowest BCUT2D eigenvalue weighted by Gasteiger charge is -2.38. The van der Waals surface area contributed by atoms with Gasteiger partial charge in [-0.1, -0.05) is 35.9 Å². The molecule has 7 heteroatoms. The number of carbonyl (C=O) groups is 2. The Morgan fingerprint density at radius 1 is 1.06 bits per heavy atom. The molecule has 3 heterocycles. The monoisotopic (exact) mass is 501 g/mol. The minimum absolute atomic E-state index is 0.0186. The van der Waals surface area contributed by atoms with Gasteiger partial charge in [0, 0.05) is 30.9 Å². The highest BCUT2D eigenvalue weighted by Gasteiger charge is 2.39. The summed E-state index contributed by atoms with van der Waals surface area (Å²) in [6, 6.07) is 14.7. The molecule has 0 radical (unpaired) electrons. The number of likely N-dealkylation sites (tertiary alicyclic amines) is 1. The number of nitrogens with zero attached hydrogens (tertiary/aromatic N) is 3. The predicted octanol–water partition coefficient (Wildman–Crippen LogP) is 5.15. The fourth-order valence-electron chi connectivity index (χ4n) is 5.30. The number of thiazole rings is 1. The average Bonchev–Trinajstić information content (AvgIpc) is 3.39. The molecule has 1 aliphatic carbocycles.